The molecule has 0 aliphatic carbocycles. The summed E-state index contributed by atoms with van der Waals surface area (Å²) >= 11 is 0. The summed E-state index contributed by atoms with van der Waals surface area (Å²) in [7, 11) is 0. The van der Waals surface area contributed by atoms with Crippen LogP contribution < -0.4 is 25.3 Å². The third-order valence-corrected chi connectivity index (χ3v) is 12.9. The van der Waals surface area contributed by atoms with Gasteiger partial charge in [0, 0.05) is 110 Å². The Balaban J connectivity index is 0.780. The molecule has 3 fully saturated rings. The highest BCUT2D eigenvalue weighted by atomic mass is 16.5. The summed E-state index contributed by atoms with van der Waals surface area (Å²) in [5, 5.41) is 28.1. The lowest BCUT2D eigenvalue weighted by atomic mass is 9.95. The number of carbonyl (C=O) groups is 3. The van der Waals surface area contributed by atoms with E-state index in [9.17, 15) is 19.5 Å². The molecular weight excluding hydrogens is 825 g/mol. The van der Waals surface area contributed by atoms with Crippen LogP contribution in [0.15, 0.2) is 71.5 Å². The summed E-state index contributed by atoms with van der Waals surface area (Å²) in [6, 6.07) is 17.5. The minimum absolute atomic E-state index is 0.0374. The number of amides is 4. The molecule has 3 aliphatic heterocycles. The summed E-state index contributed by atoms with van der Waals surface area (Å²) in [4.78, 5) is 59.9. The van der Waals surface area contributed by atoms with Crippen molar-refractivity contribution < 1.29 is 24.0 Å². The van der Waals surface area contributed by atoms with Crippen molar-refractivity contribution in [1.82, 2.24) is 45.8 Å². The predicted molar refractivity (Wildman–Crippen MR) is 248 cm³/mol. The number of hydrogen-bond acceptors (Lipinski definition) is 13. The van der Waals surface area contributed by atoms with E-state index < -0.39 is 11.9 Å². The third-order valence-electron chi connectivity index (χ3n) is 12.9. The number of imide groups is 1. The molecule has 7 heterocycles. The molecule has 338 valence electrons. The molecule has 65 heavy (non-hydrogen) atoms. The van der Waals surface area contributed by atoms with Crippen LogP contribution in [0.25, 0.3) is 33.4 Å². The number of aromatic amines is 1. The van der Waals surface area contributed by atoms with Crippen LogP contribution in [0.1, 0.15) is 86.2 Å². The molecule has 1 atom stereocenters. The Morgan fingerprint density at radius 1 is 0.908 bits per heavy atom. The van der Waals surface area contributed by atoms with E-state index in [4.69, 9.17) is 9.51 Å². The summed E-state index contributed by atoms with van der Waals surface area (Å²) < 4.78 is 5.30. The first kappa shape index (κ1) is 43.5. The van der Waals surface area contributed by atoms with Gasteiger partial charge in [-0.1, -0.05) is 38.1 Å². The van der Waals surface area contributed by atoms with Gasteiger partial charge in [-0.2, -0.15) is 10.1 Å². The Hall–Kier alpha value is -6.72. The Kier molecular flexibility index (Phi) is 12.1. The average Bonchev–Trinajstić information content (AvgIpc) is 3.99. The molecule has 4 amide bonds. The lowest BCUT2D eigenvalue weighted by Gasteiger charge is -2.40. The number of nitrogens with zero attached hydrogens (tertiary/aromatic N) is 9. The second-order valence-electron chi connectivity index (χ2n) is 18.5. The highest BCUT2D eigenvalue weighted by Crippen LogP contribution is 2.33. The number of urea groups is 1. The molecule has 3 aliphatic rings. The minimum Gasteiger partial charge on any atom is -0.392 e. The highest BCUT2D eigenvalue weighted by molar-refractivity contribution is 6.06. The number of aromatic nitrogens is 6. The SMILES string of the molecule is Cc1cc(N2CCC(CN3CCN(c4ccc(-c5cnc6n[nH]c(-c7ccc(C(C)NC(=O)c8noc(C(C)(C)C)n8)c(CO)c7)c6c5)cn4)CC3)CC2)ccc1N1CCC(=O)NC1=O. The largest absolute Gasteiger partial charge is 0.392 e. The summed E-state index contributed by atoms with van der Waals surface area (Å²) in [6.45, 7) is 16.8. The number of nitrogens with one attached hydrogen (secondary N) is 3. The standard InChI is InChI=1S/C48H56N12O5/c1-29-22-36(8-10-39(29)60-17-14-41(62)52-47(60)64)58-15-12-31(13-16-58)27-57-18-20-59(21-19-57)40-11-7-33(25-49-40)34-24-38-42(54-55-43(38)50-26-34)32-6-9-37(35(23-32)28-61)30(2)51-45(63)44-53-46(65-56-44)48(3,4)5/h6-11,22-26,30-31,61H,12-21,27-28H2,1-5H3,(H,51,63)(H,50,54,55)(H,52,62,64). The van der Waals surface area contributed by atoms with Crippen molar-refractivity contribution in [2.75, 3.05) is 67.1 Å². The first-order chi connectivity index (χ1) is 31.3. The van der Waals surface area contributed by atoms with Crippen LogP contribution in [0.4, 0.5) is 22.0 Å². The van der Waals surface area contributed by atoms with Crippen molar-refractivity contribution in [2.24, 2.45) is 5.92 Å². The Morgan fingerprint density at radius 2 is 1.68 bits per heavy atom. The van der Waals surface area contributed by atoms with Gasteiger partial charge in [0.1, 0.15) is 5.82 Å². The average molecular weight is 881 g/mol. The van der Waals surface area contributed by atoms with Crippen LogP contribution in [0, 0.1) is 12.8 Å². The van der Waals surface area contributed by atoms with E-state index in [0.29, 0.717) is 36.0 Å². The summed E-state index contributed by atoms with van der Waals surface area (Å²) in [5.41, 5.74) is 8.15. The Morgan fingerprint density at radius 3 is 2.37 bits per heavy atom. The Bertz CT molecular complexity index is 2710. The number of aliphatic hydroxyl groups is 1. The molecule has 0 spiro atoms. The van der Waals surface area contributed by atoms with Gasteiger partial charge in [0.15, 0.2) is 5.65 Å². The van der Waals surface area contributed by atoms with Gasteiger partial charge in [-0.05, 0) is 91.8 Å². The van der Waals surface area contributed by atoms with Crippen LogP contribution in [0.2, 0.25) is 0 Å². The molecule has 1 unspecified atom stereocenters. The topological polar surface area (TPSA) is 202 Å². The van der Waals surface area contributed by atoms with E-state index >= 15 is 0 Å². The van der Waals surface area contributed by atoms with Crippen molar-refractivity contribution in [3.05, 3.63) is 95.4 Å². The van der Waals surface area contributed by atoms with Crippen molar-refractivity contribution in [3.8, 4) is 22.4 Å². The molecule has 6 aromatic rings. The van der Waals surface area contributed by atoms with Crippen LogP contribution in [0.3, 0.4) is 0 Å². The fourth-order valence-corrected chi connectivity index (χ4v) is 9.13. The number of anilines is 3. The number of aliphatic hydroxyl groups excluding tert-OH is 1. The molecule has 17 nitrogen and oxygen atoms in total. The fraction of sp³-hybridized carbons (Fsp3) is 0.417. The van der Waals surface area contributed by atoms with Gasteiger partial charge in [0.05, 0.1) is 18.3 Å². The predicted octanol–water partition coefficient (Wildman–Crippen LogP) is 6.14. The van der Waals surface area contributed by atoms with Crippen molar-refractivity contribution in [1.29, 1.82) is 0 Å². The number of hydrogen-bond donors (Lipinski definition) is 4. The molecule has 9 rings (SSSR count). The van der Waals surface area contributed by atoms with Crippen LogP contribution in [-0.2, 0) is 16.8 Å². The third kappa shape index (κ3) is 9.29. The first-order valence-corrected chi connectivity index (χ1v) is 22.4. The van der Waals surface area contributed by atoms with E-state index in [-0.39, 0.29) is 29.8 Å². The van der Waals surface area contributed by atoms with Gasteiger partial charge >= 0.3 is 6.03 Å². The molecule has 17 heteroatoms. The molecule has 0 saturated carbocycles. The molecule has 0 radical (unpaired) electrons. The van der Waals surface area contributed by atoms with Crippen LogP contribution in [-0.4, -0.2) is 111 Å². The number of H-pyrrole nitrogens is 1. The maximum atomic E-state index is 13.0. The van der Waals surface area contributed by atoms with Crippen molar-refractivity contribution in [2.45, 2.75) is 71.9 Å². The summed E-state index contributed by atoms with van der Waals surface area (Å²) in [6.07, 6.45) is 6.32. The lowest BCUT2D eigenvalue weighted by Crippen LogP contribution is -2.49. The monoisotopic (exact) mass is 880 g/mol. The van der Waals surface area contributed by atoms with E-state index in [0.717, 1.165) is 109 Å². The second-order valence-corrected chi connectivity index (χ2v) is 18.5. The lowest BCUT2D eigenvalue weighted by molar-refractivity contribution is -0.120. The van der Waals surface area contributed by atoms with Gasteiger partial charge < -0.3 is 24.7 Å². The molecule has 2 aromatic carbocycles. The highest BCUT2D eigenvalue weighted by Gasteiger charge is 2.29. The van der Waals surface area contributed by atoms with Gasteiger partial charge in [0.25, 0.3) is 11.7 Å². The van der Waals surface area contributed by atoms with Gasteiger partial charge in [0.2, 0.25) is 11.8 Å². The Labute approximate surface area is 377 Å². The number of benzene rings is 2. The molecule has 4 N–H and O–H groups in total. The number of fused-ring (bicyclic) bond motifs is 1. The number of pyridine rings is 2. The zero-order valence-electron chi connectivity index (χ0n) is 37.6. The van der Waals surface area contributed by atoms with Crippen LogP contribution >= 0.6 is 0 Å². The number of piperidine rings is 1. The molecule has 0 bridgehead atoms. The quantitative estimate of drug-likeness (QED) is 0.116. The smallest absolute Gasteiger partial charge is 0.328 e. The second kappa shape index (κ2) is 18.0. The van der Waals surface area contributed by atoms with E-state index in [1.54, 1.807) is 4.90 Å². The first-order valence-electron chi connectivity index (χ1n) is 22.4. The zero-order valence-corrected chi connectivity index (χ0v) is 37.6. The van der Waals surface area contributed by atoms with Gasteiger partial charge in [-0.15, -0.1) is 0 Å². The zero-order chi connectivity index (χ0) is 45.4. The normalized spacial score (nSPS) is 17.2. The fourth-order valence-electron chi connectivity index (χ4n) is 9.13. The van der Waals surface area contributed by atoms with E-state index in [1.807, 2.05) is 71.3 Å². The maximum absolute atomic E-state index is 13.0. The van der Waals surface area contributed by atoms with E-state index in [2.05, 4.69) is 81.0 Å². The minimum atomic E-state index is -0.461. The van der Waals surface area contributed by atoms with Crippen LogP contribution in [0.5, 0.6) is 0 Å². The maximum Gasteiger partial charge on any atom is 0.328 e. The molecular formula is C48H56N12O5. The molecule has 4 aromatic heterocycles. The summed E-state index contributed by atoms with van der Waals surface area (Å²) in [5.74, 6) is 1.27. The number of carbonyl (C=O) groups excluding carboxylic acids is 3. The number of aryl methyl sites for hydroxylation is 1. The number of piperazine rings is 1. The van der Waals surface area contributed by atoms with E-state index in [1.165, 1.54) is 5.69 Å². The molecule has 3 saturated heterocycles. The van der Waals surface area contributed by atoms with Gasteiger partial charge in [-0.3, -0.25) is 29.8 Å². The van der Waals surface area contributed by atoms with Crippen molar-refractivity contribution >= 4 is 46.1 Å². The van der Waals surface area contributed by atoms with Crippen molar-refractivity contribution in [3.63, 3.8) is 0 Å². The van der Waals surface area contributed by atoms with Gasteiger partial charge in [-0.25, -0.2) is 14.8 Å². The number of rotatable bonds is 11.